The maximum atomic E-state index is 4.87. The summed E-state index contributed by atoms with van der Waals surface area (Å²) in [5.41, 5.74) is 1.24. The lowest BCUT2D eigenvalue weighted by Crippen LogP contribution is -2.39. The first-order chi connectivity index (χ1) is 9.19. The highest BCUT2D eigenvalue weighted by molar-refractivity contribution is 7.11. The Labute approximate surface area is 120 Å². The van der Waals surface area contributed by atoms with Crippen molar-refractivity contribution >= 4 is 11.3 Å². The lowest BCUT2D eigenvalue weighted by Gasteiger charge is -2.35. The summed E-state index contributed by atoms with van der Waals surface area (Å²) < 4.78 is 0. The quantitative estimate of drug-likeness (QED) is 0.918. The molecule has 0 radical (unpaired) electrons. The molecule has 0 aliphatic carbocycles. The third kappa shape index (κ3) is 2.58. The molecule has 2 unspecified atom stereocenters. The molecule has 1 aromatic heterocycles. The van der Waals surface area contributed by atoms with E-state index in [0.717, 1.165) is 25.2 Å². The maximum Gasteiger partial charge on any atom is 0.0963 e. The summed E-state index contributed by atoms with van der Waals surface area (Å²) in [6.07, 6.45) is 5.43. The number of piperidine rings is 1. The van der Waals surface area contributed by atoms with E-state index in [9.17, 15) is 0 Å². The number of hydrogen-bond acceptors (Lipinski definition) is 4. The smallest absolute Gasteiger partial charge is 0.0963 e. The number of aromatic nitrogens is 1. The highest BCUT2D eigenvalue weighted by Gasteiger charge is 2.39. The van der Waals surface area contributed by atoms with Crippen molar-refractivity contribution in [1.82, 2.24) is 15.2 Å². The standard InChI is InChI=1S/C15H25N3S/c1-4-16-9-14-10(2)17-15(19-14)11-7-12-5-6-13(8-11)18(12)3/h11-13,16H,4-9H2,1-3H3. The van der Waals surface area contributed by atoms with Crippen LogP contribution < -0.4 is 5.32 Å². The van der Waals surface area contributed by atoms with Gasteiger partial charge in [-0.25, -0.2) is 4.98 Å². The van der Waals surface area contributed by atoms with Gasteiger partial charge in [-0.1, -0.05) is 6.92 Å². The van der Waals surface area contributed by atoms with E-state index in [2.05, 4.69) is 31.1 Å². The van der Waals surface area contributed by atoms with Crippen LogP contribution in [0.25, 0.3) is 0 Å². The van der Waals surface area contributed by atoms with Crippen LogP contribution >= 0.6 is 11.3 Å². The van der Waals surface area contributed by atoms with Gasteiger partial charge in [-0.05, 0) is 46.2 Å². The molecule has 3 rings (SSSR count). The molecule has 1 aromatic rings. The Morgan fingerprint density at radius 2 is 2.00 bits per heavy atom. The first-order valence-electron chi connectivity index (χ1n) is 7.58. The molecule has 0 amide bonds. The fraction of sp³-hybridized carbons (Fsp3) is 0.800. The van der Waals surface area contributed by atoms with Crippen molar-refractivity contribution in [2.24, 2.45) is 0 Å². The van der Waals surface area contributed by atoms with E-state index in [1.165, 1.54) is 41.3 Å². The van der Waals surface area contributed by atoms with E-state index in [4.69, 9.17) is 4.98 Å². The molecule has 4 heteroatoms. The van der Waals surface area contributed by atoms with Crippen LogP contribution in [0.15, 0.2) is 0 Å². The normalized spacial score (nSPS) is 31.0. The average Bonchev–Trinajstić information content (AvgIpc) is 2.84. The van der Waals surface area contributed by atoms with Crippen molar-refractivity contribution < 1.29 is 0 Å². The molecule has 3 heterocycles. The summed E-state index contributed by atoms with van der Waals surface area (Å²) in [4.78, 5) is 8.91. The van der Waals surface area contributed by atoms with Crippen molar-refractivity contribution in [3.05, 3.63) is 15.6 Å². The van der Waals surface area contributed by atoms with Crippen LogP contribution in [0.2, 0.25) is 0 Å². The molecule has 0 spiro atoms. The van der Waals surface area contributed by atoms with Gasteiger partial charge in [-0.2, -0.15) is 0 Å². The topological polar surface area (TPSA) is 28.2 Å². The zero-order valence-corrected chi connectivity index (χ0v) is 13.1. The summed E-state index contributed by atoms with van der Waals surface area (Å²) in [5.74, 6) is 0.716. The van der Waals surface area contributed by atoms with Crippen molar-refractivity contribution in [1.29, 1.82) is 0 Å². The Hall–Kier alpha value is -0.450. The summed E-state index contributed by atoms with van der Waals surface area (Å²) in [5, 5.41) is 4.82. The Bertz CT molecular complexity index is 429. The van der Waals surface area contributed by atoms with Gasteiger partial charge < -0.3 is 10.2 Å². The molecule has 2 aliphatic rings. The zero-order chi connectivity index (χ0) is 13.4. The molecule has 106 valence electrons. The van der Waals surface area contributed by atoms with Gasteiger partial charge >= 0.3 is 0 Å². The first kappa shape index (κ1) is 13.5. The van der Waals surface area contributed by atoms with Crippen LogP contribution in [0.4, 0.5) is 0 Å². The molecule has 2 fully saturated rings. The van der Waals surface area contributed by atoms with E-state index in [0.29, 0.717) is 5.92 Å². The fourth-order valence-corrected chi connectivity index (χ4v) is 4.80. The fourth-order valence-electron chi connectivity index (χ4n) is 3.64. The van der Waals surface area contributed by atoms with Gasteiger partial charge in [0.2, 0.25) is 0 Å². The second kappa shape index (κ2) is 5.51. The molecular formula is C15H25N3S. The number of fused-ring (bicyclic) bond motifs is 2. The summed E-state index contributed by atoms with van der Waals surface area (Å²) in [7, 11) is 2.31. The van der Waals surface area contributed by atoms with Crippen molar-refractivity contribution in [3.8, 4) is 0 Å². The lowest BCUT2D eigenvalue weighted by atomic mass is 9.92. The molecule has 1 N–H and O–H groups in total. The predicted octanol–water partition coefficient (Wildman–Crippen LogP) is 2.90. The lowest BCUT2D eigenvalue weighted by molar-refractivity contribution is 0.161. The van der Waals surface area contributed by atoms with Crippen LogP contribution in [-0.4, -0.2) is 35.6 Å². The molecule has 0 aromatic carbocycles. The maximum absolute atomic E-state index is 4.87. The Morgan fingerprint density at radius 1 is 1.32 bits per heavy atom. The molecule has 3 nitrogen and oxygen atoms in total. The minimum Gasteiger partial charge on any atom is -0.312 e. The summed E-state index contributed by atoms with van der Waals surface area (Å²) >= 11 is 1.95. The van der Waals surface area contributed by atoms with E-state index in [-0.39, 0.29) is 0 Å². The molecular weight excluding hydrogens is 254 g/mol. The number of aryl methyl sites for hydroxylation is 1. The Morgan fingerprint density at radius 3 is 2.63 bits per heavy atom. The largest absolute Gasteiger partial charge is 0.312 e. The van der Waals surface area contributed by atoms with Crippen molar-refractivity contribution in [2.45, 2.75) is 64.1 Å². The summed E-state index contributed by atoms with van der Waals surface area (Å²) in [6, 6.07) is 1.62. The first-order valence-corrected chi connectivity index (χ1v) is 8.39. The molecule has 2 bridgehead atoms. The second-order valence-electron chi connectivity index (χ2n) is 6.06. The molecule has 19 heavy (non-hydrogen) atoms. The van der Waals surface area contributed by atoms with Gasteiger partial charge in [0.25, 0.3) is 0 Å². The van der Waals surface area contributed by atoms with Gasteiger partial charge in [-0.15, -0.1) is 11.3 Å². The van der Waals surface area contributed by atoms with Crippen LogP contribution in [0.3, 0.4) is 0 Å². The van der Waals surface area contributed by atoms with Crippen LogP contribution in [0, 0.1) is 6.92 Å². The van der Waals surface area contributed by atoms with E-state index < -0.39 is 0 Å². The molecule has 2 saturated heterocycles. The predicted molar refractivity (Wildman–Crippen MR) is 80.8 cm³/mol. The van der Waals surface area contributed by atoms with Gasteiger partial charge in [0, 0.05) is 29.4 Å². The number of nitrogens with one attached hydrogen (secondary N) is 1. The Kier molecular flexibility index (Phi) is 3.92. The Balaban J connectivity index is 1.73. The summed E-state index contributed by atoms with van der Waals surface area (Å²) in [6.45, 7) is 6.34. The van der Waals surface area contributed by atoms with Crippen LogP contribution in [-0.2, 0) is 6.54 Å². The van der Waals surface area contributed by atoms with Crippen molar-refractivity contribution in [2.75, 3.05) is 13.6 Å². The third-order valence-electron chi connectivity index (χ3n) is 4.89. The number of hydrogen-bond donors (Lipinski definition) is 1. The van der Waals surface area contributed by atoms with Gasteiger partial charge in [-0.3, -0.25) is 0 Å². The molecule has 2 aliphatic heterocycles. The van der Waals surface area contributed by atoms with Crippen LogP contribution in [0.1, 0.15) is 54.1 Å². The van der Waals surface area contributed by atoms with E-state index in [1.807, 2.05) is 11.3 Å². The zero-order valence-electron chi connectivity index (χ0n) is 12.3. The van der Waals surface area contributed by atoms with Crippen LogP contribution in [0.5, 0.6) is 0 Å². The minimum atomic E-state index is 0.716. The third-order valence-corrected chi connectivity index (χ3v) is 6.21. The van der Waals surface area contributed by atoms with E-state index >= 15 is 0 Å². The second-order valence-corrected chi connectivity index (χ2v) is 7.18. The highest BCUT2D eigenvalue weighted by atomic mass is 32.1. The number of nitrogens with zero attached hydrogens (tertiary/aromatic N) is 2. The SMILES string of the molecule is CCNCc1sc(C2CC3CCC(C2)N3C)nc1C. The monoisotopic (exact) mass is 279 g/mol. The average molecular weight is 279 g/mol. The highest BCUT2D eigenvalue weighted by Crippen LogP contribution is 2.43. The van der Waals surface area contributed by atoms with Gasteiger partial charge in [0.1, 0.15) is 0 Å². The minimum absolute atomic E-state index is 0.716. The van der Waals surface area contributed by atoms with E-state index in [1.54, 1.807) is 0 Å². The van der Waals surface area contributed by atoms with Crippen molar-refractivity contribution in [3.63, 3.8) is 0 Å². The number of rotatable bonds is 4. The number of thiazole rings is 1. The van der Waals surface area contributed by atoms with Gasteiger partial charge in [0.05, 0.1) is 10.7 Å². The molecule has 0 saturated carbocycles. The molecule has 2 atom stereocenters. The van der Waals surface area contributed by atoms with Gasteiger partial charge in [0.15, 0.2) is 0 Å².